The van der Waals surface area contributed by atoms with Gasteiger partial charge in [0.15, 0.2) is 0 Å². The van der Waals surface area contributed by atoms with Crippen LogP contribution in [0, 0.1) is 0 Å². The zero-order valence-corrected chi connectivity index (χ0v) is 44.6. The lowest BCUT2D eigenvalue weighted by atomic mass is 9.33. The van der Waals surface area contributed by atoms with E-state index in [0.717, 1.165) is 6.42 Å². The lowest BCUT2D eigenvalue weighted by molar-refractivity contribution is 0.195. The highest BCUT2D eigenvalue weighted by atomic mass is 15.3. The number of fused-ring (bicyclic) bond motifs is 10. The Kier molecular flexibility index (Phi) is 9.45. The van der Waals surface area contributed by atoms with Crippen LogP contribution in [-0.4, -0.2) is 16.8 Å². The summed E-state index contributed by atoms with van der Waals surface area (Å²) in [6.07, 6.45) is 4.87. The van der Waals surface area contributed by atoms with Gasteiger partial charge in [0.1, 0.15) is 0 Å². The second-order valence-corrected chi connectivity index (χ2v) is 27.1. The minimum atomic E-state index is -0.104. The Labute approximate surface area is 409 Å². The maximum Gasteiger partial charge on any atom is 0.252 e. The fraction of sp³-hybridized carbons (Fsp3) is 0.438. The first-order valence-corrected chi connectivity index (χ1v) is 25.9. The lowest BCUT2D eigenvalue weighted by Crippen LogP contribution is -2.64. The molecule has 2 unspecified atom stereocenters. The Morgan fingerprint density at radius 1 is 0.471 bits per heavy atom. The molecule has 6 aromatic carbocycles. The first kappa shape index (κ1) is 45.2. The summed E-state index contributed by atoms with van der Waals surface area (Å²) in [5, 5.41) is 2.72. The predicted molar refractivity (Wildman–Crippen MR) is 296 cm³/mol. The van der Waals surface area contributed by atoms with Gasteiger partial charge in [0.05, 0.1) is 16.7 Å². The van der Waals surface area contributed by atoms with Crippen LogP contribution in [0.3, 0.4) is 0 Å². The Morgan fingerprint density at radius 2 is 0.956 bits per heavy atom. The molecular formula is C64H76BN3. The van der Waals surface area contributed by atoms with Gasteiger partial charge in [-0.3, -0.25) is 0 Å². The van der Waals surface area contributed by atoms with E-state index in [4.69, 9.17) is 0 Å². The Balaban J connectivity index is 1.31. The minimum absolute atomic E-state index is 0.00553. The van der Waals surface area contributed by atoms with Crippen LogP contribution in [0.25, 0.3) is 27.5 Å². The van der Waals surface area contributed by atoms with Gasteiger partial charge in [-0.2, -0.15) is 0 Å². The van der Waals surface area contributed by atoms with Gasteiger partial charge in [-0.15, -0.1) is 0 Å². The summed E-state index contributed by atoms with van der Waals surface area (Å²) in [7, 11) is 0. The SMILES string of the molecule is CC(C)(C)c1ccc(N(c2ccc(C(C)(C)C)cc2)c2cc3c4c(c2)-n2c5ccc(C(C)(C)C)cc5c5cc(C(C)(C)C)cc(c52)B4c2cc(C(C)(C)C)cc4c2N3C2(C)CCCCC42C)cc1. The fourth-order valence-corrected chi connectivity index (χ4v) is 13.0. The zero-order chi connectivity index (χ0) is 48.6. The molecule has 0 N–H and O–H groups in total. The van der Waals surface area contributed by atoms with Crippen LogP contribution in [0.5, 0.6) is 0 Å². The van der Waals surface area contributed by atoms with Crippen molar-refractivity contribution in [3.8, 4) is 5.69 Å². The van der Waals surface area contributed by atoms with Gasteiger partial charge in [-0.25, -0.2) is 0 Å². The van der Waals surface area contributed by atoms with Gasteiger partial charge < -0.3 is 14.4 Å². The minimum Gasteiger partial charge on any atom is -0.335 e. The maximum absolute atomic E-state index is 2.92. The lowest BCUT2D eigenvalue weighted by Gasteiger charge is -2.52. The molecule has 1 aromatic heterocycles. The molecule has 7 aromatic rings. The van der Waals surface area contributed by atoms with Crippen molar-refractivity contribution in [1.82, 2.24) is 4.57 Å². The quantitative estimate of drug-likeness (QED) is 0.164. The zero-order valence-electron chi connectivity index (χ0n) is 44.6. The molecule has 0 radical (unpaired) electrons. The molecule has 3 nitrogen and oxygen atoms in total. The fourth-order valence-electron chi connectivity index (χ4n) is 13.0. The highest BCUT2D eigenvalue weighted by Gasteiger charge is 2.61. The van der Waals surface area contributed by atoms with E-state index in [1.807, 2.05) is 0 Å². The van der Waals surface area contributed by atoms with E-state index in [1.54, 1.807) is 5.56 Å². The van der Waals surface area contributed by atoms with Crippen molar-refractivity contribution in [2.24, 2.45) is 0 Å². The molecule has 68 heavy (non-hydrogen) atoms. The standard InChI is InChI=1S/C64H76BN3/c1-58(2,3)39-20-25-44(26-21-39)66(45-27-22-40(23-28-45)59(4,5)6)46-37-53-55-54(38-46)68-57-49(63(16)30-18-19-31-64(63,68)17)34-43(62(13,14)15)36-51(57)65(55)50-35-42(61(10,11)12)33-48-47-32-41(60(7,8)9)24-29-52(47)67(53)56(48)50/h20-29,32-38H,18-19,30-31H2,1-17H3. The van der Waals surface area contributed by atoms with Crippen LogP contribution in [0.15, 0.2) is 103 Å². The van der Waals surface area contributed by atoms with Crippen LogP contribution in [0.2, 0.25) is 0 Å². The van der Waals surface area contributed by atoms with Crippen molar-refractivity contribution in [1.29, 1.82) is 0 Å². The van der Waals surface area contributed by atoms with Gasteiger partial charge in [0, 0.05) is 50.1 Å². The molecule has 0 saturated heterocycles. The van der Waals surface area contributed by atoms with E-state index in [9.17, 15) is 0 Å². The molecule has 3 aliphatic heterocycles. The summed E-state index contributed by atoms with van der Waals surface area (Å²) < 4.78 is 2.71. The molecule has 4 heteroatoms. The molecule has 350 valence electrons. The molecule has 0 spiro atoms. The molecule has 4 aliphatic rings. The molecule has 1 aliphatic carbocycles. The number of anilines is 5. The number of benzene rings is 6. The second-order valence-electron chi connectivity index (χ2n) is 27.1. The van der Waals surface area contributed by atoms with Gasteiger partial charge in [0.25, 0.3) is 6.71 Å². The maximum atomic E-state index is 2.92. The first-order valence-electron chi connectivity index (χ1n) is 25.9. The molecule has 11 rings (SSSR count). The van der Waals surface area contributed by atoms with E-state index < -0.39 is 0 Å². The summed E-state index contributed by atoms with van der Waals surface area (Å²) in [5.41, 5.74) is 23.2. The third-order valence-corrected chi connectivity index (χ3v) is 17.5. The van der Waals surface area contributed by atoms with E-state index in [1.165, 1.54) is 119 Å². The molecule has 1 saturated carbocycles. The van der Waals surface area contributed by atoms with Crippen LogP contribution in [-0.2, 0) is 32.5 Å². The topological polar surface area (TPSA) is 11.4 Å². The van der Waals surface area contributed by atoms with Crippen LogP contribution in [0.4, 0.5) is 28.4 Å². The van der Waals surface area contributed by atoms with Crippen molar-refractivity contribution in [2.75, 3.05) is 9.80 Å². The summed E-state index contributed by atoms with van der Waals surface area (Å²) in [6, 6.07) is 42.0. The molecule has 2 atom stereocenters. The normalized spacial score (nSPS) is 20.0. The molecule has 0 amide bonds. The number of nitrogens with zero attached hydrogens (tertiary/aromatic N) is 3. The van der Waals surface area contributed by atoms with Gasteiger partial charge in [0.2, 0.25) is 0 Å². The van der Waals surface area contributed by atoms with E-state index in [0.29, 0.717) is 0 Å². The average molecular weight is 898 g/mol. The smallest absolute Gasteiger partial charge is 0.252 e. The third kappa shape index (κ3) is 6.43. The molecule has 4 heterocycles. The molecular weight excluding hydrogens is 822 g/mol. The predicted octanol–water partition coefficient (Wildman–Crippen LogP) is 15.6. The van der Waals surface area contributed by atoms with Crippen molar-refractivity contribution >= 4 is 73.3 Å². The van der Waals surface area contributed by atoms with Crippen LogP contribution in [0.1, 0.15) is 177 Å². The van der Waals surface area contributed by atoms with Crippen molar-refractivity contribution in [3.05, 3.63) is 137 Å². The van der Waals surface area contributed by atoms with Crippen LogP contribution >= 0.6 is 0 Å². The van der Waals surface area contributed by atoms with Crippen molar-refractivity contribution in [3.63, 3.8) is 0 Å². The highest BCUT2D eigenvalue weighted by molar-refractivity contribution is 7.00. The Bertz CT molecular complexity index is 3160. The Morgan fingerprint density at radius 3 is 1.51 bits per heavy atom. The third-order valence-electron chi connectivity index (χ3n) is 17.5. The second kappa shape index (κ2) is 14.2. The monoisotopic (exact) mass is 898 g/mol. The number of rotatable bonds is 3. The summed E-state index contributed by atoms with van der Waals surface area (Å²) in [5.74, 6) is 0. The first-order chi connectivity index (χ1) is 31.6. The van der Waals surface area contributed by atoms with E-state index >= 15 is 0 Å². The highest BCUT2D eigenvalue weighted by Crippen LogP contribution is 2.62. The molecule has 0 bridgehead atoms. The van der Waals surface area contributed by atoms with Gasteiger partial charge in [-0.05, 0) is 151 Å². The number of hydrogen-bond acceptors (Lipinski definition) is 2. The van der Waals surface area contributed by atoms with E-state index in [-0.39, 0.29) is 44.7 Å². The van der Waals surface area contributed by atoms with Gasteiger partial charge in [-0.1, -0.05) is 172 Å². The molecule has 1 fully saturated rings. The number of aromatic nitrogens is 1. The number of hydrogen-bond donors (Lipinski definition) is 0. The summed E-state index contributed by atoms with van der Waals surface area (Å²) >= 11 is 0. The van der Waals surface area contributed by atoms with E-state index in [2.05, 4.69) is 235 Å². The summed E-state index contributed by atoms with van der Waals surface area (Å²) in [4.78, 5) is 5.48. The van der Waals surface area contributed by atoms with Gasteiger partial charge >= 0.3 is 0 Å². The van der Waals surface area contributed by atoms with Crippen LogP contribution < -0.4 is 26.2 Å². The summed E-state index contributed by atoms with van der Waals surface area (Å²) in [6.45, 7) is 40.8. The van der Waals surface area contributed by atoms with Crippen molar-refractivity contribution in [2.45, 2.75) is 181 Å². The Hall–Kier alpha value is -5.22. The largest absolute Gasteiger partial charge is 0.335 e. The average Bonchev–Trinajstić information content (AvgIpc) is 3.69. The van der Waals surface area contributed by atoms with Crippen molar-refractivity contribution < 1.29 is 0 Å².